The Labute approximate surface area is 277 Å². The van der Waals surface area contributed by atoms with Crippen LogP contribution in [0.3, 0.4) is 0 Å². The highest BCUT2D eigenvalue weighted by atomic mass is 35.5. The quantitative estimate of drug-likeness (QED) is 0.139. The summed E-state index contributed by atoms with van der Waals surface area (Å²) in [5.74, 6) is 6.24. The number of benzene rings is 2. The zero-order chi connectivity index (χ0) is 33.3. The predicted molar refractivity (Wildman–Crippen MR) is 184 cm³/mol. The molecule has 234 valence electrons. The Bertz CT molecular complexity index is 2260. The lowest BCUT2D eigenvalue weighted by molar-refractivity contribution is 0.101. The van der Waals surface area contributed by atoms with Crippen LogP contribution in [0.5, 0.6) is 0 Å². The van der Waals surface area contributed by atoms with E-state index in [-0.39, 0.29) is 12.3 Å². The molecule has 11 heteroatoms. The van der Waals surface area contributed by atoms with Crippen molar-refractivity contribution in [3.8, 4) is 23.6 Å². The molecule has 47 heavy (non-hydrogen) atoms. The van der Waals surface area contributed by atoms with Crippen molar-refractivity contribution in [3.05, 3.63) is 118 Å². The summed E-state index contributed by atoms with van der Waals surface area (Å²) in [5.41, 5.74) is 7.50. The van der Waals surface area contributed by atoms with Gasteiger partial charge in [0.1, 0.15) is 5.69 Å². The molecule has 2 aromatic carbocycles. The number of nitriles is 1. The number of imidazole rings is 2. The van der Waals surface area contributed by atoms with Crippen molar-refractivity contribution in [1.82, 2.24) is 28.7 Å². The molecule has 6 rings (SSSR count). The summed E-state index contributed by atoms with van der Waals surface area (Å²) >= 11 is 6.58. The zero-order valence-corrected chi connectivity index (χ0v) is 27.4. The van der Waals surface area contributed by atoms with Crippen LogP contribution < -0.4 is 10.6 Å². The summed E-state index contributed by atoms with van der Waals surface area (Å²) in [6, 6.07) is 15.5. The molecule has 0 unspecified atom stereocenters. The molecule has 0 aliphatic heterocycles. The molecule has 0 amide bonds. The van der Waals surface area contributed by atoms with Gasteiger partial charge in [0.15, 0.2) is 11.4 Å². The SMILES string of the molecule is Cc1cn(-c2cc(NCC(=O)c3cc(C#Cc4cnc5c(Nc6cnn(C)c6)cccn45)c(C)cc3Cl)cc(C(C)(C)C#N)c2)cn1. The monoisotopic (exact) mass is 641 g/mol. The van der Waals surface area contributed by atoms with E-state index in [1.807, 2.05) is 92.6 Å². The summed E-state index contributed by atoms with van der Waals surface area (Å²) in [6.07, 6.45) is 10.9. The molecule has 0 atom stereocenters. The van der Waals surface area contributed by atoms with Crippen LogP contribution in [0.15, 0.2) is 79.8 Å². The second-order valence-corrected chi connectivity index (χ2v) is 12.3. The van der Waals surface area contributed by atoms with Gasteiger partial charge in [0.05, 0.1) is 58.8 Å². The van der Waals surface area contributed by atoms with Crippen molar-refractivity contribution in [2.24, 2.45) is 7.05 Å². The van der Waals surface area contributed by atoms with Crippen LogP contribution in [0.4, 0.5) is 17.1 Å². The Hall–Kier alpha value is -5.84. The fourth-order valence-corrected chi connectivity index (χ4v) is 5.45. The maximum atomic E-state index is 13.5. The van der Waals surface area contributed by atoms with Crippen LogP contribution >= 0.6 is 11.6 Å². The van der Waals surface area contributed by atoms with Gasteiger partial charge in [-0.05, 0) is 87.2 Å². The highest BCUT2D eigenvalue weighted by molar-refractivity contribution is 6.34. The van der Waals surface area contributed by atoms with Crippen molar-refractivity contribution in [1.29, 1.82) is 5.26 Å². The van der Waals surface area contributed by atoms with E-state index in [4.69, 9.17) is 11.6 Å². The van der Waals surface area contributed by atoms with Crippen molar-refractivity contribution in [3.63, 3.8) is 0 Å². The number of pyridine rings is 1. The highest BCUT2D eigenvalue weighted by Gasteiger charge is 2.22. The van der Waals surface area contributed by atoms with Gasteiger partial charge in [0.25, 0.3) is 0 Å². The van der Waals surface area contributed by atoms with Crippen LogP contribution in [-0.4, -0.2) is 41.0 Å². The molecular formula is C36H32ClN9O. The first-order chi connectivity index (χ1) is 22.5. The molecule has 0 radical (unpaired) electrons. The number of rotatable bonds is 8. The van der Waals surface area contributed by atoms with Crippen molar-refractivity contribution in [2.75, 3.05) is 17.2 Å². The topological polar surface area (TPSA) is 118 Å². The summed E-state index contributed by atoms with van der Waals surface area (Å²) in [7, 11) is 1.86. The third-order valence-electron chi connectivity index (χ3n) is 7.84. The predicted octanol–water partition coefficient (Wildman–Crippen LogP) is 6.76. The number of carbonyl (C=O) groups is 1. The van der Waals surface area contributed by atoms with Crippen LogP contribution in [0, 0.1) is 37.0 Å². The molecule has 10 nitrogen and oxygen atoms in total. The summed E-state index contributed by atoms with van der Waals surface area (Å²) < 4.78 is 5.53. The number of anilines is 3. The molecule has 0 spiro atoms. The average molecular weight is 642 g/mol. The van der Waals surface area contributed by atoms with Gasteiger partial charge in [-0.2, -0.15) is 10.4 Å². The van der Waals surface area contributed by atoms with Gasteiger partial charge in [0, 0.05) is 48.1 Å². The molecular weight excluding hydrogens is 610 g/mol. The molecule has 6 aromatic rings. The van der Waals surface area contributed by atoms with Crippen LogP contribution in [0.25, 0.3) is 11.3 Å². The molecule has 0 bridgehead atoms. The van der Waals surface area contributed by atoms with Gasteiger partial charge in [-0.3, -0.25) is 13.9 Å². The number of ketones is 1. The van der Waals surface area contributed by atoms with E-state index in [1.165, 1.54) is 0 Å². The lowest BCUT2D eigenvalue weighted by Crippen LogP contribution is -2.18. The maximum Gasteiger partial charge on any atom is 0.183 e. The number of hydrogen-bond donors (Lipinski definition) is 2. The Kier molecular flexibility index (Phi) is 8.29. The summed E-state index contributed by atoms with van der Waals surface area (Å²) in [5, 5.41) is 21.0. The van der Waals surface area contributed by atoms with Crippen molar-refractivity contribution < 1.29 is 4.79 Å². The number of aryl methyl sites for hydroxylation is 3. The number of nitrogens with zero attached hydrogens (tertiary/aromatic N) is 7. The van der Waals surface area contributed by atoms with Gasteiger partial charge < -0.3 is 15.2 Å². The smallest absolute Gasteiger partial charge is 0.183 e. The Morgan fingerprint density at radius 1 is 1.04 bits per heavy atom. The molecule has 0 aliphatic carbocycles. The van der Waals surface area contributed by atoms with Gasteiger partial charge in [-0.15, -0.1) is 0 Å². The fraction of sp³-hybridized carbons (Fsp3) is 0.194. The first-order valence-electron chi connectivity index (χ1n) is 14.9. The number of carbonyl (C=O) groups excluding carboxylic acids is 1. The molecule has 0 aliphatic rings. The van der Waals surface area contributed by atoms with Crippen molar-refractivity contribution in [2.45, 2.75) is 33.1 Å². The van der Waals surface area contributed by atoms with Crippen LogP contribution in [-0.2, 0) is 12.5 Å². The number of halogens is 1. The molecule has 4 heterocycles. The standard InChI is InChI=1S/C36H32ClN9O/c1-23-11-32(37)31(34(47)18-39-27-13-26(36(3,4)21-38)14-30(15-27)45-19-24(2)41-22-45)12-25(23)8-9-29-17-40-35-33(7-6-10-46(29)35)43-28-16-42-44(5)20-28/h6-7,10-17,19-20,22,39,43H,18H2,1-5H3. The van der Waals surface area contributed by atoms with Gasteiger partial charge in [0.2, 0.25) is 0 Å². The van der Waals surface area contributed by atoms with E-state index in [9.17, 15) is 10.1 Å². The summed E-state index contributed by atoms with van der Waals surface area (Å²) in [6.45, 7) is 7.54. The second-order valence-electron chi connectivity index (χ2n) is 11.9. The molecule has 0 fully saturated rings. The third-order valence-corrected chi connectivity index (χ3v) is 8.15. The Morgan fingerprint density at radius 2 is 1.87 bits per heavy atom. The van der Waals surface area contributed by atoms with E-state index >= 15 is 0 Å². The third kappa shape index (κ3) is 6.60. The highest BCUT2D eigenvalue weighted by Crippen LogP contribution is 2.29. The second kappa shape index (κ2) is 12.5. The largest absolute Gasteiger partial charge is 0.378 e. The Morgan fingerprint density at radius 3 is 2.60 bits per heavy atom. The van der Waals surface area contributed by atoms with E-state index in [2.05, 4.69) is 43.6 Å². The average Bonchev–Trinajstić information content (AvgIpc) is 3.79. The van der Waals surface area contributed by atoms with E-state index in [0.717, 1.165) is 39.5 Å². The molecule has 4 aromatic heterocycles. The van der Waals surface area contributed by atoms with Gasteiger partial charge in [-0.1, -0.05) is 17.5 Å². The molecule has 0 saturated heterocycles. The van der Waals surface area contributed by atoms with E-state index in [1.54, 1.807) is 35.5 Å². The minimum atomic E-state index is -0.738. The minimum Gasteiger partial charge on any atom is -0.378 e. The lowest BCUT2D eigenvalue weighted by Gasteiger charge is -2.19. The Balaban J connectivity index is 1.24. The van der Waals surface area contributed by atoms with E-state index in [0.29, 0.717) is 27.5 Å². The van der Waals surface area contributed by atoms with Crippen LogP contribution in [0.1, 0.15) is 52.3 Å². The maximum absolute atomic E-state index is 13.5. The van der Waals surface area contributed by atoms with Gasteiger partial charge in [-0.25, -0.2) is 9.97 Å². The number of nitrogens with one attached hydrogen (secondary N) is 2. The lowest BCUT2D eigenvalue weighted by atomic mass is 9.86. The molecule has 2 N–H and O–H groups in total. The van der Waals surface area contributed by atoms with E-state index < -0.39 is 5.41 Å². The molecule has 0 saturated carbocycles. The minimum absolute atomic E-state index is 0.00550. The first-order valence-corrected chi connectivity index (χ1v) is 15.3. The van der Waals surface area contributed by atoms with Crippen molar-refractivity contribution >= 4 is 40.1 Å². The zero-order valence-electron chi connectivity index (χ0n) is 26.6. The fourth-order valence-electron chi connectivity index (χ4n) is 5.12. The number of hydrogen-bond acceptors (Lipinski definition) is 7. The number of fused-ring (bicyclic) bond motifs is 1. The summed E-state index contributed by atoms with van der Waals surface area (Å²) in [4.78, 5) is 22.4. The first kappa shape index (κ1) is 31.2. The number of Topliss-reactive ketones (excluding diaryl/α,β-unsaturated/α-hetero) is 1. The van der Waals surface area contributed by atoms with Crippen LogP contribution in [0.2, 0.25) is 5.02 Å². The normalized spacial score (nSPS) is 11.2. The van der Waals surface area contributed by atoms with Gasteiger partial charge >= 0.3 is 0 Å². The number of aromatic nitrogens is 6.